The van der Waals surface area contributed by atoms with E-state index in [1.165, 1.54) is 0 Å². The zero-order valence-corrected chi connectivity index (χ0v) is 10.8. The van der Waals surface area contributed by atoms with Gasteiger partial charge in [-0.2, -0.15) is 4.99 Å². The fourth-order valence-corrected chi connectivity index (χ4v) is 2.66. The Kier molecular flexibility index (Phi) is 2.87. The van der Waals surface area contributed by atoms with Gasteiger partial charge in [-0.25, -0.2) is 4.79 Å². The Labute approximate surface area is 103 Å². The van der Waals surface area contributed by atoms with Crippen LogP contribution in [-0.4, -0.2) is 13.2 Å². The van der Waals surface area contributed by atoms with E-state index in [-0.39, 0.29) is 0 Å². The first-order chi connectivity index (χ1) is 7.64. The molecule has 0 atom stereocenters. The van der Waals surface area contributed by atoms with Crippen LogP contribution in [0.1, 0.15) is 24.0 Å². The third-order valence-electron chi connectivity index (χ3n) is 2.96. The van der Waals surface area contributed by atoms with Crippen LogP contribution in [0.2, 0.25) is 0 Å². The first kappa shape index (κ1) is 11.4. The molecule has 1 aromatic carbocycles. The van der Waals surface area contributed by atoms with E-state index in [1.54, 1.807) is 13.2 Å². The van der Waals surface area contributed by atoms with E-state index in [0.717, 1.165) is 34.2 Å². The van der Waals surface area contributed by atoms with Crippen molar-refractivity contribution in [1.82, 2.24) is 0 Å². The lowest BCUT2D eigenvalue weighted by atomic mass is 10.0. The summed E-state index contributed by atoms with van der Waals surface area (Å²) >= 11 is 3.50. The molecule has 3 nitrogen and oxygen atoms in total. The van der Waals surface area contributed by atoms with Crippen molar-refractivity contribution in [3.8, 4) is 5.75 Å². The summed E-state index contributed by atoms with van der Waals surface area (Å²) in [6, 6.07) is 3.95. The zero-order chi connectivity index (χ0) is 11.8. The predicted molar refractivity (Wildman–Crippen MR) is 64.5 cm³/mol. The Bertz CT molecular complexity index is 474. The molecule has 1 aliphatic rings. The van der Waals surface area contributed by atoms with Crippen molar-refractivity contribution < 1.29 is 9.53 Å². The van der Waals surface area contributed by atoms with Crippen molar-refractivity contribution >= 4 is 22.0 Å². The number of carbonyl (C=O) groups excluding carboxylic acids is 1. The smallest absolute Gasteiger partial charge is 0.235 e. The monoisotopic (exact) mass is 281 g/mol. The predicted octanol–water partition coefficient (Wildman–Crippen LogP) is 3.09. The molecule has 0 N–H and O–H groups in total. The van der Waals surface area contributed by atoms with E-state index in [9.17, 15) is 4.79 Å². The van der Waals surface area contributed by atoms with Crippen LogP contribution < -0.4 is 4.74 Å². The van der Waals surface area contributed by atoms with Crippen molar-refractivity contribution in [3.63, 3.8) is 0 Å². The number of ether oxygens (including phenoxy) is 1. The number of methoxy groups -OCH3 is 1. The molecule has 2 rings (SSSR count). The van der Waals surface area contributed by atoms with Crippen LogP contribution in [0.25, 0.3) is 0 Å². The molecular weight excluding hydrogens is 270 g/mol. The Morgan fingerprint density at radius 1 is 1.50 bits per heavy atom. The molecule has 0 amide bonds. The molecule has 0 heterocycles. The molecule has 0 saturated heterocycles. The largest absolute Gasteiger partial charge is 0.496 e. The minimum atomic E-state index is -0.405. The molecule has 1 aliphatic carbocycles. The van der Waals surface area contributed by atoms with Crippen LogP contribution in [0.5, 0.6) is 5.75 Å². The van der Waals surface area contributed by atoms with Crippen molar-refractivity contribution in [2.45, 2.75) is 25.3 Å². The lowest BCUT2D eigenvalue weighted by Gasteiger charge is -2.17. The van der Waals surface area contributed by atoms with E-state index >= 15 is 0 Å². The highest BCUT2D eigenvalue weighted by Crippen LogP contribution is 2.55. The molecule has 84 valence electrons. The Morgan fingerprint density at radius 3 is 2.69 bits per heavy atom. The van der Waals surface area contributed by atoms with Crippen molar-refractivity contribution in [1.29, 1.82) is 0 Å². The van der Waals surface area contributed by atoms with Crippen LogP contribution in [-0.2, 0) is 10.3 Å². The highest BCUT2D eigenvalue weighted by atomic mass is 79.9. The van der Waals surface area contributed by atoms with Gasteiger partial charge >= 0.3 is 0 Å². The molecule has 4 heteroatoms. The maximum absolute atomic E-state index is 10.5. The third-order valence-corrected chi connectivity index (χ3v) is 3.62. The molecule has 1 saturated carbocycles. The van der Waals surface area contributed by atoms with Gasteiger partial charge < -0.3 is 4.74 Å². The molecular formula is C12H12BrNO2. The van der Waals surface area contributed by atoms with Crippen LogP contribution in [0, 0.1) is 6.92 Å². The Balaban J connectivity index is 2.63. The van der Waals surface area contributed by atoms with Gasteiger partial charge in [0.25, 0.3) is 0 Å². The number of halogens is 1. The molecule has 0 aliphatic heterocycles. The van der Waals surface area contributed by atoms with E-state index in [4.69, 9.17) is 4.74 Å². The minimum Gasteiger partial charge on any atom is -0.496 e. The lowest BCUT2D eigenvalue weighted by Crippen LogP contribution is -2.07. The summed E-state index contributed by atoms with van der Waals surface area (Å²) in [6.45, 7) is 1.98. The van der Waals surface area contributed by atoms with Crippen LogP contribution >= 0.6 is 15.9 Å². The molecule has 1 fully saturated rings. The minimum absolute atomic E-state index is 0.405. The van der Waals surface area contributed by atoms with E-state index < -0.39 is 5.54 Å². The summed E-state index contributed by atoms with van der Waals surface area (Å²) in [6.07, 6.45) is 3.42. The number of hydrogen-bond donors (Lipinski definition) is 0. The Morgan fingerprint density at radius 2 is 2.19 bits per heavy atom. The summed E-state index contributed by atoms with van der Waals surface area (Å²) in [5.74, 6) is 0.811. The second-order valence-corrected chi connectivity index (χ2v) is 4.86. The second-order valence-electron chi connectivity index (χ2n) is 4.01. The van der Waals surface area contributed by atoms with Crippen LogP contribution in [0.4, 0.5) is 0 Å². The molecule has 0 unspecified atom stereocenters. The normalized spacial score (nSPS) is 16.4. The summed E-state index contributed by atoms with van der Waals surface area (Å²) in [4.78, 5) is 14.4. The van der Waals surface area contributed by atoms with Gasteiger partial charge in [-0.15, -0.1) is 0 Å². The highest BCUT2D eigenvalue weighted by Gasteiger charge is 2.48. The fraction of sp³-hybridized carbons (Fsp3) is 0.417. The second kappa shape index (κ2) is 4.04. The molecule has 0 radical (unpaired) electrons. The number of isocyanates is 1. The molecule has 1 aromatic rings. The number of rotatable bonds is 3. The summed E-state index contributed by atoms with van der Waals surface area (Å²) in [5.41, 5.74) is 1.62. The zero-order valence-electron chi connectivity index (χ0n) is 9.21. The first-order valence-corrected chi connectivity index (χ1v) is 5.86. The van der Waals surface area contributed by atoms with Gasteiger partial charge in [0.2, 0.25) is 6.08 Å². The van der Waals surface area contributed by atoms with Gasteiger partial charge in [0.1, 0.15) is 11.3 Å². The fourth-order valence-electron chi connectivity index (χ4n) is 1.98. The first-order valence-electron chi connectivity index (χ1n) is 5.07. The van der Waals surface area contributed by atoms with Crippen molar-refractivity contribution in [2.24, 2.45) is 4.99 Å². The lowest BCUT2D eigenvalue weighted by molar-refractivity contribution is 0.400. The quantitative estimate of drug-likeness (QED) is 0.631. The maximum atomic E-state index is 10.5. The average Bonchev–Trinajstić information content (AvgIpc) is 3.02. The van der Waals surface area contributed by atoms with Gasteiger partial charge in [-0.05, 0) is 31.4 Å². The van der Waals surface area contributed by atoms with Crippen LogP contribution in [0.15, 0.2) is 21.6 Å². The van der Waals surface area contributed by atoms with Gasteiger partial charge in [0.05, 0.1) is 7.11 Å². The summed E-state index contributed by atoms with van der Waals surface area (Å²) in [7, 11) is 1.64. The topological polar surface area (TPSA) is 38.7 Å². The SMILES string of the molecule is COc1c(C)ccc(Br)c1C1(N=C=O)CC1. The van der Waals surface area contributed by atoms with Gasteiger partial charge in [-0.1, -0.05) is 22.0 Å². The number of benzene rings is 1. The maximum Gasteiger partial charge on any atom is 0.235 e. The number of nitrogens with zero attached hydrogens (tertiary/aromatic N) is 1. The van der Waals surface area contributed by atoms with Gasteiger partial charge in [-0.3, -0.25) is 0 Å². The molecule has 16 heavy (non-hydrogen) atoms. The summed E-state index contributed by atoms with van der Waals surface area (Å²) in [5, 5.41) is 0. The van der Waals surface area contributed by atoms with Crippen molar-refractivity contribution in [2.75, 3.05) is 7.11 Å². The van der Waals surface area contributed by atoms with E-state index in [2.05, 4.69) is 20.9 Å². The van der Waals surface area contributed by atoms with E-state index in [0.29, 0.717) is 0 Å². The Hall–Kier alpha value is -1.12. The molecule has 0 aromatic heterocycles. The molecule has 0 spiro atoms. The standard InChI is InChI=1S/C12H12BrNO2/c1-8-3-4-9(13)10(11(8)16-2)12(5-6-12)14-7-15/h3-4H,5-6H2,1-2H3. The number of hydrogen-bond acceptors (Lipinski definition) is 3. The van der Waals surface area contributed by atoms with Gasteiger partial charge in [0, 0.05) is 10.0 Å². The van der Waals surface area contributed by atoms with Gasteiger partial charge in [0.15, 0.2) is 0 Å². The van der Waals surface area contributed by atoms with Crippen LogP contribution in [0.3, 0.4) is 0 Å². The number of aryl methyl sites for hydroxylation is 1. The number of aliphatic imine (C=N–C) groups is 1. The highest BCUT2D eigenvalue weighted by molar-refractivity contribution is 9.10. The van der Waals surface area contributed by atoms with E-state index in [1.807, 2.05) is 19.1 Å². The average molecular weight is 282 g/mol. The van der Waals surface area contributed by atoms with Crippen molar-refractivity contribution in [3.05, 3.63) is 27.7 Å². The third kappa shape index (κ3) is 1.68. The molecule has 0 bridgehead atoms. The summed E-state index contributed by atoms with van der Waals surface area (Å²) < 4.78 is 6.35.